The van der Waals surface area contributed by atoms with Crippen LogP contribution >= 0.6 is 15.9 Å². The molecular formula is C35H45BrN2O4. The molecule has 1 amide bonds. The molecule has 0 fully saturated rings. The minimum atomic E-state index is -0.391. The Morgan fingerprint density at radius 1 is 0.762 bits per heavy atom. The predicted octanol–water partition coefficient (Wildman–Crippen LogP) is 9.37. The third kappa shape index (κ3) is 12.8. The molecule has 3 aromatic rings. The smallest absolute Gasteiger partial charge is 0.322 e. The van der Waals surface area contributed by atoms with Crippen LogP contribution in [-0.2, 0) is 22.7 Å². The number of unbranched alkanes of at least 4 members (excludes halogenated alkanes) is 9. The normalized spacial score (nSPS) is 11.0. The van der Waals surface area contributed by atoms with Crippen molar-refractivity contribution < 1.29 is 19.2 Å². The number of halogens is 1. The van der Waals surface area contributed by atoms with E-state index in [0.717, 1.165) is 39.9 Å². The molecule has 1 N–H and O–H groups in total. The largest absolute Gasteiger partial charge is 0.457 e. The molecule has 0 unspecified atom stereocenters. The summed E-state index contributed by atoms with van der Waals surface area (Å²) >= 11 is 3.61. The summed E-state index contributed by atoms with van der Waals surface area (Å²) in [5, 5.41) is 4.65. The van der Waals surface area contributed by atoms with Crippen LogP contribution in [-0.4, -0.2) is 23.5 Å². The van der Waals surface area contributed by atoms with Gasteiger partial charge >= 0.3 is 5.97 Å². The monoisotopic (exact) mass is 636 g/mol. The summed E-state index contributed by atoms with van der Waals surface area (Å²) in [6.07, 6.45) is 12.7. The molecule has 42 heavy (non-hydrogen) atoms. The lowest BCUT2D eigenvalue weighted by atomic mass is 10.1. The van der Waals surface area contributed by atoms with Crippen LogP contribution in [0.15, 0.2) is 77.3 Å². The van der Waals surface area contributed by atoms with Crippen molar-refractivity contribution in [3.05, 3.63) is 94.0 Å². The van der Waals surface area contributed by atoms with Crippen LogP contribution in [0.5, 0.6) is 11.5 Å². The molecule has 0 spiro atoms. The number of hydroxylamine groups is 2. The van der Waals surface area contributed by atoms with Gasteiger partial charge < -0.3 is 14.9 Å². The van der Waals surface area contributed by atoms with E-state index < -0.39 is 5.97 Å². The Kier molecular flexibility index (Phi) is 15.2. The molecular weight excluding hydrogens is 592 g/mol. The summed E-state index contributed by atoms with van der Waals surface area (Å²) in [5.41, 5.74) is 2.48. The van der Waals surface area contributed by atoms with E-state index in [2.05, 4.69) is 28.2 Å². The molecule has 226 valence electrons. The van der Waals surface area contributed by atoms with E-state index in [1.807, 2.05) is 72.8 Å². The molecule has 0 radical (unpaired) electrons. The van der Waals surface area contributed by atoms with E-state index in [0.29, 0.717) is 25.2 Å². The zero-order valence-corrected chi connectivity index (χ0v) is 26.7. The van der Waals surface area contributed by atoms with E-state index in [1.54, 1.807) is 5.06 Å². The summed E-state index contributed by atoms with van der Waals surface area (Å²) in [6, 6.07) is 22.8. The number of nitrogens with one attached hydrogen (secondary N) is 1. The number of benzene rings is 3. The van der Waals surface area contributed by atoms with Gasteiger partial charge in [0, 0.05) is 23.5 Å². The second kappa shape index (κ2) is 19.1. The van der Waals surface area contributed by atoms with Crippen molar-refractivity contribution in [1.82, 2.24) is 10.4 Å². The van der Waals surface area contributed by atoms with E-state index in [-0.39, 0.29) is 5.91 Å². The molecule has 7 heteroatoms. The van der Waals surface area contributed by atoms with Crippen molar-refractivity contribution in [3.63, 3.8) is 0 Å². The quantitative estimate of drug-likeness (QED) is 0.105. The Labute approximate surface area is 259 Å². The molecule has 0 atom stereocenters. The van der Waals surface area contributed by atoms with Gasteiger partial charge in [0.2, 0.25) is 0 Å². The Bertz CT molecular complexity index is 1220. The highest BCUT2D eigenvalue weighted by Gasteiger charge is 2.15. The van der Waals surface area contributed by atoms with Crippen molar-refractivity contribution in [2.24, 2.45) is 0 Å². The first-order valence-electron chi connectivity index (χ1n) is 15.3. The lowest BCUT2D eigenvalue weighted by Crippen LogP contribution is -2.26. The Morgan fingerprint density at radius 2 is 1.38 bits per heavy atom. The standard InChI is InChI=1S/C35H45BrN2O4/c1-3-4-5-6-7-8-9-10-11-15-24-37-35(40)30-20-21-31(34(36)25-30)27-38(42-28(2)39)26-29-18-22-33(23-19-29)41-32-16-13-12-14-17-32/h12-14,16-23,25H,3-11,15,24,26-27H2,1-2H3,(H,37,40). The number of hydrogen-bond donors (Lipinski definition) is 1. The second-order valence-electron chi connectivity index (χ2n) is 10.7. The third-order valence-corrected chi connectivity index (χ3v) is 7.73. The first-order valence-corrected chi connectivity index (χ1v) is 16.1. The summed E-state index contributed by atoms with van der Waals surface area (Å²) in [7, 11) is 0. The minimum absolute atomic E-state index is 0.0761. The topological polar surface area (TPSA) is 67.9 Å². The van der Waals surface area contributed by atoms with Gasteiger partial charge in [-0.05, 0) is 53.9 Å². The molecule has 0 aliphatic carbocycles. The van der Waals surface area contributed by atoms with Gasteiger partial charge in [-0.3, -0.25) is 9.59 Å². The van der Waals surface area contributed by atoms with Crippen LogP contribution in [0.25, 0.3) is 0 Å². The maximum atomic E-state index is 12.7. The lowest BCUT2D eigenvalue weighted by Gasteiger charge is -2.21. The highest BCUT2D eigenvalue weighted by atomic mass is 79.9. The number of carbonyl (C=O) groups excluding carboxylic acids is 2. The number of nitrogens with zero attached hydrogens (tertiary/aromatic N) is 1. The zero-order chi connectivity index (χ0) is 30.0. The van der Waals surface area contributed by atoms with Gasteiger partial charge in [-0.25, -0.2) is 0 Å². The zero-order valence-electron chi connectivity index (χ0n) is 25.1. The molecule has 0 saturated carbocycles. The van der Waals surface area contributed by atoms with Crippen molar-refractivity contribution in [3.8, 4) is 11.5 Å². The van der Waals surface area contributed by atoms with Crippen molar-refractivity contribution >= 4 is 27.8 Å². The lowest BCUT2D eigenvalue weighted by molar-refractivity contribution is -0.194. The van der Waals surface area contributed by atoms with E-state index in [1.165, 1.54) is 58.3 Å². The van der Waals surface area contributed by atoms with Crippen molar-refractivity contribution in [2.45, 2.75) is 91.1 Å². The average Bonchev–Trinajstić information content (AvgIpc) is 2.98. The SMILES string of the molecule is CCCCCCCCCCCCNC(=O)c1ccc(CN(Cc2ccc(Oc3ccccc3)cc2)OC(C)=O)c(Br)c1. The minimum Gasteiger partial charge on any atom is -0.457 e. The van der Waals surface area contributed by atoms with Crippen molar-refractivity contribution in [2.75, 3.05) is 6.54 Å². The second-order valence-corrected chi connectivity index (χ2v) is 11.5. The average molecular weight is 638 g/mol. The number of hydrogen-bond acceptors (Lipinski definition) is 5. The van der Waals surface area contributed by atoms with Gasteiger partial charge in [-0.1, -0.05) is 117 Å². The van der Waals surface area contributed by atoms with Gasteiger partial charge in [0.05, 0.1) is 13.1 Å². The summed E-state index contributed by atoms with van der Waals surface area (Å²) in [4.78, 5) is 30.0. The molecule has 0 aromatic heterocycles. The maximum absolute atomic E-state index is 12.7. The van der Waals surface area contributed by atoms with E-state index in [4.69, 9.17) is 9.57 Å². The molecule has 3 rings (SSSR count). The van der Waals surface area contributed by atoms with Crippen LogP contribution in [0.4, 0.5) is 0 Å². The third-order valence-electron chi connectivity index (χ3n) is 7.00. The number of rotatable bonds is 19. The van der Waals surface area contributed by atoms with Crippen molar-refractivity contribution in [1.29, 1.82) is 0 Å². The van der Waals surface area contributed by atoms with Gasteiger partial charge in [0.15, 0.2) is 0 Å². The molecule has 3 aromatic carbocycles. The molecule has 6 nitrogen and oxygen atoms in total. The van der Waals surface area contributed by atoms with Crippen LogP contribution in [0.2, 0.25) is 0 Å². The summed E-state index contributed by atoms with van der Waals surface area (Å²) in [6.45, 7) is 5.09. The number of ether oxygens (including phenoxy) is 1. The maximum Gasteiger partial charge on any atom is 0.322 e. The van der Waals surface area contributed by atoms with Gasteiger partial charge in [-0.2, -0.15) is 0 Å². The van der Waals surface area contributed by atoms with Gasteiger partial charge in [0.1, 0.15) is 11.5 Å². The van der Waals surface area contributed by atoms with Crippen LogP contribution in [0.3, 0.4) is 0 Å². The first kappa shape index (κ1) is 33.3. The van der Waals surface area contributed by atoms with E-state index in [9.17, 15) is 9.59 Å². The first-order chi connectivity index (χ1) is 20.4. The fraction of sp³-hybridized carbons (Fsp3) is 0.429. The predicted molar refractivity (Wildman–Crippen MR) is 172 cm³/mol. The van der Waals surface area contributed by atoms with Gasteiger partial charge in [-0.15, -0.1) is 5.06 Å². The highest BCUT2D eigenvalue weighted by Crippen LogP contribution is 2.24. The molecule has 0 aliphatic heterocycles. The molecule has 0 saturated heterocycles. The Morgan fingerprint density at radius 3 is 2.00 bits per heavy atom. The summed E-state index contributed by atoms with van der Waals surface area (Å²) < 4.78 is 6.66. The summed E-state index contributed by atoms with van der Waals surface area (Å²) in [5.74, 6) is 1.03. The van der Waals surface area contributed by atoms with Gasteiger partial charge in [0.25, 0.3) is 5.91 Å². The van der Waals surface area contributed by atoms with Crippen LogP contribution < -0.4 is 10.1 Å². The van der Waals surface area contributed by atoms with Crippen LogP contribution in [0.1, 0.15) is 99.5 Å². The number of amides is 1. The fourth-order valence-electron chi connectivity index (χ4n) is 4.72. The number of carbonyl (C=O) groups is 2. The Hall–Kier alpha value is -3.16. The molecule has 0 heterocycles. The molecule has 0 aliphatic rings. The molecule has 0 bridgehead atoms. The van der Waals surface area contributed by atoms with E-state index >= 15 is 0 Å². The fourth-order valence-corrected chi connectivity index (χ4v) is 5.22. The Balaban J connectivity index is 1.44. The highest BCUT2D eigenvalue weighted by molar-refractivity contribution is 9.10. The van der Waals surface area contributed by atoms with Crippen LogP contribution in [0, 0.1) is 0 Å². The number of para-hydroxylation sites is 1.